The Labute approximate surface area is 120 Å². The normalized spacial score (nSPS) is 10.2. The van der Waals surface area contributed by atoms with Crippen LogP contribution in [0.3, 0.4) is 0 Å². The van der Waals surface area contributed by atoms with Gasteiger partial charge in [0, 0.05) is 3.57 Å². The molecule has 4 heteroatoms. The molecule has 0 radical (unpaired) electrons. The van der Waals surface area contributed by atoms with Crippen LogP contribution >= 0.6 is 22.6 Å². The Morgan fingerprint density at radius 3 is 2.39 bits per heavy atom. The lowest BCUT2D eigenvalue weighted by molar-refractivity contribution is 0.379. The number of ether oxygens (including phenoxy) is 2. The van der Waals surface area contributed by atoms with E-state index in [0.29, 0.717) is 22.9 Å². The molecule has 0 amide bonds. The molecule has 0 aliphatic heterocycles. The van der Waals surface area contributed by atoms with Crippen molar-refractivity contribution in [2.24, 2.45) is 0 Å². The van der Waals surface area contributed by atoms with E-state index in [1.54, 1.807) is 7.11 Å². The maximum absolute atomic E-state index is 5.92. The summed E-state index contributed by atoms with van der Waals surface area (Å²) in [6.07, 6.45) is 0. The predicted octanol–water partition coefficient (Wildman–Crippen LogP) is 3.98. The van der Waals surface area contributed by atoms with Crippen molar-refractivity contribution in [1.82, 2.24) is 0 Å². The number of aryl methyl sites for hydroxylation is 1. The molecule has 0 atom stereocenters. The summed E-state index contributed by atoms with van der Waals surface area (Å²) in [4.78, 5) is 0. The Balaban J connectivity index is 2.33. The van der Waals surface area contributed by atoms with Gasteiger partial charge in [0.05, 0.1) is 12.8 Å². The smallest absolute Gasteiger partial charge is 0.169 e. The molecule has 2 rings (SSSR count). The quantitative estimate of drug-likeness (QED) is 0.669. The SMILES string of the molecule is COc1cc(C)ccc1Oc1ccc(I)cc1N. The Morgan fingerprint density at radius 1 is 1.00 bits per heavy atom. The molecule has 0 saturated carbocycles. The first kappa shape index (κ1) is 13.0. The molecular formula is C14H14INO2. The number of nitrogens with two attached hydrogens (primary N) is 1. The van der Waals surface area contributed by atoms with Crippen molar-refractivity contribution in [2.45, 2.75) is 6.92 Å². The third-order valence-corrected chi connectivity index (χ3v) is 3.18. The molecule has 0 aliphatic carbocycles. The lowest BCUT2D eigenvalue weighted by Crippen LogP contribution is -1.95. The Kier molecular flexibility index (Phi) is 3.96. The summed E-state index contributed by atoms with van der Waals surface area (Å²) in [6.45, 7) is 2.01. The van der Waals surface area contributed by atoms with Gasteiger partial charge in [0.25, 0.3) is 0 Å². The van der Waals surface area contributed by atoms with Gasteiger partial charge < -0.3 is 15.2 Å². The van der Waals surface area contributed by atoms with Crippen LogP contribution in [0.25, 0.3) is 0 Å². The molecular weight excluding hydrogens is 341 g/mol. The molecule has 18 heavy (non-hydrogen) atoms. The largest absolute Gasteiger partial charge is 0.493 e. The highest BCUT2D eigenvalue weighted by atomic mass is 127. The monoisotopic (exact) mass is 355 g/mol. The summed E-state index contributed by atoms with van der Waals surface area (Å²) >= 11 is 2.21. The zero-order chi connectivity index (χ0) is 13.1. The van der Waals surface area contributed by atoms with Crippen LogP contribution < -0.4 is 15.2 Å². The second-order valence-electron chi connectivity index (χ2n) is 3.94. The van der Waals surface area contributed by atoms with Gasteiger partial charge in [0.2, 0.25) is 0 Å². The van der Waals surface area contributed by atoms with Gasteiger partial charge in [0.15, 0.2) is 17.2 Å². The van der Waals surface area contributed by atoms with Crippen LogP contribution in [0.4, 0.5) is 5.69 Å². The van der Waals surface area contributed by atoms with Crippen LogP contribution in [0.15, 0.2) is 36.4 Å². The summed E-state index contributed by atoms with van der Waals surface area (Å²) in [7, 11) is 1.62. The predicted molar refractivity (Wildman–Crippen MR) is 81.4 cm³/mol. The first-order valence-corrected chi connectivity index (χ1v) is 6.55. The molecule has 2 aromatic rings. The van der Waals surface area contributed by atoms with E-state index < -0.39 is 0 Å². The zero-order valence-electron chi connectivity index (χ0n) is 10.2. The van der Waals surface area contributed by atoms with Crippen molar-refractivity contribution >= 4 is 28.3 Å². The number of benzene rings is 2. The van der Waals surface area contributed by atoms with Crippen molar-refractivity contribution in [2.75, 3.05) is 12.8 Å². The highest BCUT2D eigenvalue weighted by Crippen LogP contribution is 2.35. The van der Waals surface area contributed by atoms with Crippen LogP contribution in [-0.2, 0) is 0 Å². The summed E-state index contributed by atoms with van der Waals surface area (Å²) in [5, 5.41) is 0. The van der Waals surface area contributed by atoms with E-state index >= 15 is 0 Å². The van der Waals surface area contributed by atoms with Gasteiger partial charge in [-0.1, -0.05) is 6.07 Å². The van der Waals surface area contributed by atoms with Gasteiger partial charge >= 0.3 is 0 Å². The maximum atomic E-state index is 5.92. The van der Waals surface area contributed by atoms with Crippen molar-refractivity contribution in [3.8, 4) is 17.2 Å². The third-order valence-electron chi connectivity index (χ3n) is 2.51. The molecule has 3 nitrogen and oxygen atoms in total. The fourth-order valence-corrected chi connectivity index (χ4v) is 2.11. The Morgan fingerprint density at radius 2 is 1.72 bits per heavy atom. The van der Waals surface area contributed by atoms with Gasteiger partial charge in [-0.3, -0.25) is 0 Å². The van der Waals surface area contributed by atoms with Crippen molar-refractivity contribution in [1.29, 1.82) is 0 Å². The highest BCUT2D eigenvalue weighted by Gasteiger charge is 2.08. The summed E-state index contributed by atoms with van der Waals surface area (Å²) < 4.78 is 12.2. The van der Waals surface area contributed by atoms with Gasteiger partial charge in [-0.2, -0.15) is 0 Å². The van der Waals surface area contributed by atoms with Crippen molar-refractivity contribution < 1.29 is 9.47 Å². The molecule has 2 N–H and O–H groups in total. The number of methoxy groups -OCH3 is 1. The topological polar surface area (TPSA) is 44.5 Å². The second kappa shape index (κ2) is 5.48. The van der Waals surface area contributed by atoms with E-state index in [9.17, 15) is 0 Å². The van der Waals surface area contributed by atoms with Crippen LogP contribution in [-0.4, -0.2) is 7.11 Å². The minimum absolute atomic E-state index is 0.615. The van der Waals surface area contributed by atoms with E-state index in [1.807, 2.05) is 43.3 Å². The molecule has 0 unspecified atom stereocenters. The number of hydrogen-bond acceptors (Lipinski definition) is 3. The zero-order valence-corrected chi connectivity index (χ0v) is 12.4. The minimum Gasteiger partial charge on any atom is -0.493 e. The molecule has 0 bridgehead atoms. The van der Waals surface area contributed by atoms with Gasteiger partial charge in [-0.05, 0) is 65.4 Å². The standard InChI is InChI=1S/C14H14INO2/c1-9-3-5-13(14(7-9)17-2)18-12-6-4-10(15)8-11(12)16/h3-8H,16H2,1-2H3. The van der Waals surface area contributed by atoms with E-state index in [1.165, 1.54) is 0 Å². The lowest BCUT2D eigenvalue weighted by Gasteiger charge is -2.12. The number of anilines is 1. The van der Waals surface area contributed by atoms with E-state index in [-0.39, 0.29) is 0 Å². The molecule has 0 spiro atoms. The van der Waals surface area contributed by atoms with Crippen molar-refractivity contribution in [3.63, 3.8) is 0 Å². The molecule has 0 heterocycles. The first-order chi connectivity index (χ1) is 8.60. The van der Waals surface area contributed by atoms with Gasteiger partial charge in [0.1, 0.15) is 0 Å². The second-order valence-corrected chi connectivity index (χ2v) is 5.18. The highest BCUT2D eigenvalue weighted by molar-refractivity contribution is 14.1. The Bertz CT molecular complexity index is 570. The average Bonchev–Trinajstić information content (AvgIpc) is 2.34. The van der Waals surface area contributed by atoms with E-state index in [4.69, 9.17) is 15.2 Å². The molecule has 94 valence electrons. The van der Waals surface area contributed by atoms with Gasteiger partial charge in [-0.25, -0.2) is 0 Å². The fraction of sp³-hybridized carbons (Fsp3) is 0.143. The molecule has 0 saturated heterocycles. The van der Waals surface area contributed by atoms with Crippen molar-refractivity contribution in [3.05, 3.63) is 45.5 Å². The maximum Gasteiger partial charge on any atom is 0.169 e. The number of halogens is 1. The summed E-state index contributed by atoms with van der Waals surface area (Å²) in [6, 6.07) is 11.5. The Hall–Kier alpha value is -1.43. The number of nitrogen functional groups attached to an aromatic ring is 1. The van der Waals surface area contributed by atoms with Crippen LogP contribution in [0, 0.1) is 10.5 Å². The molecule has 2 aromatic carbocycles. The number of rotatable bonds is 3. The van der Waals surface area contributed by atoms with Crippen LogP contribution in [0.5, 0.6) is 17.2 Å². The lowest BCUT2D eigenvalue weighted by atomic mass is 10.2. The van der Waals surface area contributed by atoms with E-state index in [0.717, 1.165) is 9.13 Å². The fourth-order valence-electron chi connectivity index (χ4n) is 1.59. The number of hydrogen-bond donors (Lipinski definition) is 1. The van der Waals surface area contributed by atoms with Crippen LogP contribution in [0.2, 0.25) is 0 Å². The van der Waals surface area contributed by atoms with Crippen LogP contribution in [0.1, 0.15) is 5.56 Å². The molecule has 0 fully saturated rings. The molecule has 0 aromatic heterocycles. The average molecular weight is 355 g/mol. The first-order valence-electron chi connectivity index (χ1n) is 5.47. The van der Waals surface area contributed by atoms with E-state index in [2.05, 4.69) is 22.6 Å². The van der Waals surface area contributed by atoms with Gasteiger partial charge in [-0.15, -0.1) is 0 Å². The minimum atomic E-state index is 0.615. The summed E-state index contributed by atoms with van der Waals surface area (Å²) in [5.74, 6) is 2.00. The summed E-state index contributed by atoms with van der Waals surface area (Å²) in [5.41, 5.74) is 7.66. The molecule has 0 aliphatic rings. The third kappa shape index (κ3) is 2.87.